The second-order valence-electron chi connectivity index (χ2n) is 6.96. The van der Waals surface area contributed by atoms with Crippen LogP contribution in [0.1, 0.15) is 52.4 Å². The van der Waals surface area contributed by atoms with Crippen molar-refractivity contribution in [2.75, 3.05) is 20.1 Å². The van der Waals surface area contributed by atoms with Gasteiger partial charge in [0, 0.05) is 30.7 Å². The minimum absolute atomic E-state index is 0.0785. The predicted octanol–water partition coefficient (Wildman–Crippen LogP) is 2.19. The second-order valence-corrected chi connectivity index (χ2v) is 6.96. The van der Waals surface area contributed by atoms with Crippen molar-refractivity contribution in [3.63, 3.8) is 0 Å². The number of hydrogen-bond acceptors (Lipinski definition) is 3. The van der Waals surface area contributed by atoms with E-state index in [-0.39, 0.29) is 18.0 Å². The Hall–Kier alpha value is -0.610. The molecule has 0 radical (unpaired) electrons. The molecule has 2 fully saturated rings. The minimum atomic E-state index is -0.670. The van der Waals surface area contributed by atoms with Gasteiger partial charge >= 0.3 is 5.97 Å². The molecule has 2 rings (SSSR count). The van der Waals surface area contributed by atoms with Crippen LogP contribution in [0.5, 0.6) is 0 Å². The number of rotatable bonds is 3. The van der Waals surface area contributed by atoms with Crippen LogP contribution < -0.4 is 0 Å². The molecule has 0 bridgehead atoms. The monoisotopic (exact) mass is 268 g/mol. The maximum atomic E-state index is 11.2. The van der Waals surface area contributed by atoms with E-state index in [0.717, 1.165) is 13.1 Å². The predicted molar refractivity (Wildman–Crippen MR) is 76.3 cm³/mol. The van der Waals surface area contributed by atoms with E-state index in [1.807, 2.05) is 0 Å². The Morgan fingerprint density at radius 2 is 1.89 bits per heavy atom. The van der Waals surface area contributed by atoms with Crippen molar-refractivity contribution < 1.29 is 9.90 Å². The van der Waals surface area contributed by atoms with Crippen LogP contribution in [0.25, 0.3) is 0 Å². The molecule has 1 atom stereocenters. The van der Waals surface area contributed by atoms with Gasteiger partial charge in [-0.1, -0.05) is 19.3 Å². The quantitative estimate of drug-likeness (QED) is 0.852. The molecule has 1 N–H and O–H groups in total. The van der Waals surface area contributed by atoms with Gasteiger partial charge in [-0.05, 0) is 33.7 Å². The molecule has 0 aromatic carbocycles. The van der Waals surface area contributed by atoms with Crippen LogP contribution >= 0.6 is 0 Å². The van der Waals surface area contributed by atoms with Gasteiger partial charge in [0.15, 0.2) is 0 Å². The van der Waals surface area contributed by atoms with Crippen molar-refractivity contribution in [2.45, 2.75) is 70.0 Å². The number of aliphatic carboxylic acids is 1. The number of carboxylic acids is 1. The lowest BCUT2D eigenvalue weighted by molar-refractivity contribution is -0.141. The maximum Gasteiger partial charge on any atom is 0.304 e. The summed E-state index contributed by atoms with van der Waals surface area (Å²) in [6, 6.07) is 0.746. The van der Waals surface area contributed by atoms with E-state index in [0.29, 0.717) is 6.04 Å². The van der Waals surface area contributed by atoms with Crippen LogP contribution in [0.3, 0.4) is 0 Å². The lowest BCUT2D eigenvalue weighted by Gasteiger charge is -2.55. The van der Waals surface area contributed by atoms with Crippen LogP contribution in [0.15, 0.2) is 0 Å². The van der Waals surface area contributed by atoms with Gasteiger partial charge < -0.3 is 10.0 Å². The largest absolute Gasteiger partial charge is 0.481 e. The molecule has 1 aliphatic carbocycles. The molecule has 1 unspecified atom stereocenters. The normalized spacial score (nSPS) is 30.4. The fourth-order valence-corrected chi connectivity index (χ4v) is 4.26. The Labute approximate surface area is 116 Å². The van der Waals surface area contributed by atoms with Crippen LogP contribution in [-0.2, 0) is 4.79 Å². The van der Waals surface area contributed by atoms with Gasteiger partial charge in [-0.15, -0.1) is 0 Å². The topological polar surface area (TPSA) is 43.8 Å². The van der Waals surface area contributed by atoms with Crippen molar-refractivity contribution in [3.8, 4) is 0 Å². The minimum Gasteiger partial charge on any atom is -0.481 e. The molecular weight excluding hydrogens is 240 g/mol. The summed E-state index contributed by atoms with van der Waals surface area (Å²) in [5.74, 6) is -0.670. The Morgan fingerprint density at radius 3 is 2.47 bits per heavy atom. The summed E-state index contributed by atoms with van der Waals surface area (Å²) < 4.78 is 0. The van der Waals surface area contributed by atoms with Gasteiger partial charge in [0.25, 0.3) is 0 Å². The highest BCUT2D eigenvalue weighted by Gasteiger charge is 2.43. The van der Waals surface area contributed by atoms with E-state index >= 15 is 0 Å². The maximum absolute atomic E-state index is 11.2. The molecular formula is C15H28N2O2. The SMILES string of the molecule is CN1CC(CC(=O)O)N(C2CCCCC2)C(C)(C)C1. The molecule has 110 valence electrons. The second kappa shape index (κ2) is 5.80. The van der Waals surface area contributed by atoms with E-state index in [4.69, 9.17) is 0 Å². The molecule has 4 nitrogen and oxygen atoms in total. The zero-order valence-corrected chi connectivity index (χ0v) is 12.6. The molecule has 0 amide bonds. The average Bonchev–Trinajstić information content (AvgIpc) is 2.26. The average molecular weight is 268 g/mol. The first-order valence-electron chi connectivity index (χ1n) is 7.59. The Bertz CT molecular complexity index is 324. The molecule has 1 heterocycles. The third-order valence-corrected chi connectivity index (χ3v) is 4.65. The molecule has 4 heteroatoms. The molecule has 1 saturated carbocycles. The first-order chi connectivity index (χ1) is 8.90. The third-order valence-electron chi connectivity index (χ3n) is 4.65. The van der Waals surface area contributed by atoms with Crippen LogP contribution in [0.2, 0.25) is 0 Å². The zero-order valence-electron chi connectivity index (χ0n) is 12.6. The fourth-order valence-electron chi connectivity index (χ4n) is 4.26. The smallest absolute Gasteiger partial charge is 0.304 e. The van der Waals surface area contributed by atoms with E-state index < -0.39 is 5.97 Å². The van der Waals surface area contributed by atoms with E-state index in [9.17, 15) is 9.90 Å². The van der Waals surface area contributed by atoms with E-state index in [1.54, 1.807) is 0 Å². The lowest BCUT2D eigenvalue weighted by atomic mass is 9.85. The molecule has 1 aliphatic heterocycles. The molecule has 1 saturated heterocycles. The zero-order chi connectivity index (χ0) is 14.0. The van der Waals surface area contributed by atoms with Gasteiger partial charge in [0.05, 0.1) is 6.42 Å². The van der Waals surface area contributed by atoms with Crippen molar-refractivity contribution in [1.29, 1.82) is 0 Å². The number of hydrogen-bond donors (Lipinski definition) is 1. The van der Waals surface area contributed by atoms with E-state index in [1.165, 1.54) is 32.1 Å². The standard InChI is InChI=1S/C15H28N2O2/c1-15(2)11-16(3)10-13(9-14(18)19)17(15)12-7-5-4-6-8-12/h12-13H,4-11H2,1-3H3,(H,18,19). The summed E-state index contributed by atoms with van der Waals surface area (Å²) >= 11 is 0. The molecule has 2 aliphatic rings. The highest BCUT2D eigenvalue weighted by molar-refractivity contribution is 5.67. The first-order valence-corrected chi connectivity index (χ1v) is 7.59. The Morgan fingerprint density at radius 1 is 1.26 bits per heavy atom. The molecule has 0 aromatic heterocycles. The number of piperazine rings is 1. The molecule has 0 spiro atoms. The molecule has 0 aromatic rings. The summed E-state index contributed by atoms with van der Waals surface area (Å²) in [7, 11) is 2.11. The highest BCUT2D eigenvalue weighted by Crippen LogP contribution is 2.34. The first kappa shape index (κ1) is 14.8. The van der Waals surface area contributed by atoms with Crippen molar-refractivity contribution in [2.24, 2.45) is 0 Å². The molecule has 19 heavy (non-hydrogen) atoms. The van der Waals surface area contributed by atoms with Crippen molar-refractivity contribution >= 4 is 5.97 Å². The summed E-state index contributed by atoms with van der Waals surface area (Å²) in [4.78, 5) is 16.0. The number of likely N-dealkylation sites (N-methyl/N-ethyl adjacent to an activating group) is 1. The van der Waals surface area contributed by atoms with E-state index in [2.05, 4.69) is 30.7 Å². The fraction of sp³-hybridized carbons (Fsp3) is 0.933. The van der Waals surface area contributed by atoms with Crippen LogP contribution in [-0.4, -0.2) is 58.6 Å². The number of carboxylic acid groups (broad SMARTS) is 1. The number of nitrogens with zero attached hydrogens (tertiary/aromatic N) is 2. The van der Waals surface area contributed by atoms with Crippen LogP contribution in [0, 0.1) is 0 Å². The van der Waals surface area contributed by atoms with Gasteiger partial charge in [0.1, 0.15) is 0 Å². The van der Waals surface area contributed by atoms with Gasteiger partial charge in [-0.2, -0.15) is 0 Å². The summed E-state index contributed by atoms with van der Waals surface area (Å²) in [6.45, 7) is 6.45. The summed E-state index contributed by atoms with van der Waals surface area (Å²) in [5.41, 5.74) is 0.0785. The Balaban J connectivity index is 2.18. The van der Waals surface area contributed by atoms with Gasteiger partial charge in [-0.25, -0.2) is 0 Å². The van der Waals surface area contributed by atoms with Gasteiger partial charge in [0.2, 0.25) is 0 Å². The van der Waals surface area contributed by atoms with Crippen molar-refractivity contribution in [3.05, 3.63) is 0 Å². The summed E-state index contributed by atoms with van der Waals surface area (Å²) in [5, 5.41) is 9.19. The Kier molecular flexibility index (Phi) is 4.51. The number of carbonyl (C=O) groups is 1. The van der Waals surface area contributed by atoms with Crippen LogP contribution in [0.4, 0.5) is 0 Å². The van der Waals surface area contributed by atoms with Crippen molar-refractivity contribution in [1.82, 2.24) is 9.80 Å². The highest BCUT2D eigenvalue weighted by atomic mass is 16.4. The third kappa shape index (κ3) is 3.48. The van der Waals surface area contributed by atoms with Gasteiger partial charge in [-0.3, -0.25) is 9.69 Å². The lowest BCUT2D eigenvalue weighted by Crippen LogP contribution is -2.66. The summed E-state index contributed by atoms with van der Waals surface area (Å²) in [6.07, 6.45) is 6.69.